The largest absolute Gasteiger partial charge is 0.395 e. The quantitative estimate of drug-likeness (QED) is 0.153. The van der Waals surface area contributed by atoms with Gasteiger partial charge in [0.25, 0.3) is 0 Å². The van der Waals surface area contributed by atoms with Crippen molar-refractivity contribution >= 4 is 0 Å². The Morgan fingerprint density at radius 2 is 1.61 bits per heavy atom. The maximum Gasteiger partial charge on any atom is 0.314 e. The highest BCUT2D eigenvalue weighted by Gasteiger charge is 2.67. The third-order valence-electron chi connectivity index (χ3n) is 7.42. The van der Waals surface area contributed by atoms with Crippen molar-refractivity contribution in [3.05, 3.63) is 0 Å². The van der Waals surface area contributed by atoms with Crippen LogP contribution in [0.5, 0.6) is 0 Å². The van der Waals surface area contributed by atoms with Crippen molar-refractivity contribution in [1.82, 2.24) is 5.32 Å². The molecule has 0 aromatic carbocycles. The molecular formula is C20H37N3O13. The summed E-state index contributed by atoms with van der Waals surface area (Å²) in [4.78, 5) is 0. The first-order valence-electron chi connectivity index (χ1n) is 11.8. The van der Waals surface area contributed by atoms with Crippen molar-refractivity contribution in [3.8, 4) is 0 Å². The van der Waals surface area contributed by atoms with Crippen LogP contribution in [0.1, 0.15) is 6.42 Å². The molecule has 0 unspecified atom stereocenters. The van der Waals surface area contributed by atoms with Gasteiger partial charge in [-0.3, -0.25) is 0 Å². The average molecular weight is 528 g/mol. The molecule has 0 aromatic rings. The number of hydrogen-bond acceptors (Lipinski definition) is 16. The molecule has 13 N–H and O–H groups in total. The van der Waals surface area contributed by atoms with Gasteiger partial charge >= 0.3 is 5.97 Å². The summed E-state index contributed by atoms with van der Waals surface area (Å²) in [6.45, 7) is -1.33. The summed E-state index contributed by atoms with van der Waals surface area (Å²) >= 11 is 0. The van der Waals surface area contributed by atoms with Crippen molar-refractivity contribution in [1.29, 1.82) is 0 Å². The number of nitrogens with two attached hydrogens (primary N) is 2. The summed E-state index contributed by atoms with van der Waals surface area (Å²) in [5.74, 6) is -2.48. The maximum absolute atomic E-state index is 10.7. The van der Waals surface area contributed by atoms with E-state index in [0.29, 0.717) is 0 Å². The van der Waals surface area contributed by atoms with Gasteiger partial charge in [-0.15, -0.1) is 0 Å². The van der Waals surface area contributed by atoms with E-state index in [9.17, 15) is 40.9 Å². The minimum atomic E-state index is -2.48. The van der Waals surface area contributed by atoms with Gasteiger partial charge in [0, 0.05) is 12.1 Å². The van der Waals surface area contributed by atoms with E-state index in [-0.39, 0.29) is 6.42 Å². The smallest absolute Gasteiger partial charge is 0.314 e. The Bertz CT molecular complexity index is 756. The summed E-state index contributed by atoms with van der Waals surface area (Å²) in [6, 6.07) is -2.50. The Kier molecular flexibility index (Phi) is 8.55. The third kappa shape index (κ3) is 4.68. The van der Waals surface area contributed by atoms with Crippen LogP contribution in [0.3, 0.4) is 0 Å². The molecule has 3 aliphatic heterocycles. The average Bonchev–Trinajstić information content (AvgIpc) is 3.27. The van der Waals surface area contributed by atoms with Crippen LogP contribution in [0.2, 0.25) is 0 Å². The van der Waals surface area contributed by atoms with E-state index >= 15 is 0 Å². The van der Waals surface area contributed by atoms with Crippen LogP contribution in [0, 0.1) is 0 Å². The molecule has 16 heteroatoms. The molecule has 210 valence electrons. The molecule has 1 aliphatic carbocycles. The van der Waals surface area contributed by atoms with Gasteiger partial charge in [0.15, 0.2) is 12.4 Å². The van der Waals surface area contributed by atoms with Gasteiger partial charge in [0.2, 0.25) is 0 Å². The van der Waals surface area contributed by atoms with Crippen LogP contribution in [0.4, 0.5) is 0 Å². The zero-order valence-corrected chi connectivity index (χ0v) is 19.6. The molecule has 0 bridgehead atoms. The number of ether oxygens (including phenoxy) is 5. The van der Waals surface area contributed by atoms with E-state index in [2.05, 4.69) is 5.32 Å². The van der Waals surface area contributed by atoms with Crippen LogP contribution >= 0.6 is 0 Å². The number of aliphatic hydroxyl groups excluding tert-OH is 8. The predicted molar refractivity (Wildman–Crippen MR) is 115 cm³/mol. The van der Waals surface area contributed by atoms with E-state index < -0.39 is 111 Å². The second-order valence-corrected chi connectivity index (χ2v) is 9.72. The lowest BCUT2D eigenvalue weighted by molar-refractivity contribution is -0.439. The number of likely N-dealkylation sites (N-methyl/N-ethyl adjacent to an activating group) is 1. The molecule has 36 heavy (non-hydrogen) atoms. The van der Waals surface area contributed by atoms with Gasteiger partial charge in [0.1, 0.15) is 48.8 Å². The standard InChI is InChI=1S/C20H37N3O13/c1-23-7-2-5(21)9(26)15(10(7)27)33-19-17-16(11(28)8(4-25)32-19)35-20(36-17)18(31)13(30)12(29)14(34-20)6(22)3-24/h5-19,23-31H,2-4,21-22H2,1H3/t5-,6-,7+,8-,9+,10-,11+,12+,13-,14+,15-,16+,17-,18+,19+,20-/m1/s1. The summed E-state index contributed by atoms with van der Waals surface area (Å²) in [6.07, 6.45) is -17.7. The summed E-state index contributed by atoms with van der Waals surface area (Å²) < 4.78 is 28.7. The lowest BCUT2D eigenvalue weighted by Gasteiger charge is -2.46. The number of rotatable bonds is 6. The molecule has 4 fully saturated rings. The highest BCUT2D eigenvalue weighted by Crippen LogP contribution is 2.45. The highest BCUT2D eigenvalue weighted by atomic mass is 16.9. The molecule has 1 spiro atoms. The van der Waals surface area contributed by atoms with E-state index in [1.165, 1.54) is 0 Å². The molecular weight excluding hydrogens is 490 g/mol. The highest BCUT2D eigenvalue weighted by molar-refractivity contribution is 5.05. The minimum Gasteiger partial charge on any atom is -0.395 e. The predicted octanol–water partition coefficient (Wildman–Crippen LogP) is -7.27. The minimum absolute atomic E-state index is 0.254. The van der Waals surface area contributed by atoms with Crippen LogP contribution in [0.25, 0.3) is 0 Å². The second kappa shape index (κ2) is 10.9. The van der Waals surface area contributed by atoms with Crippen LogP contribution in [-0.4, -0.2) is 159 Å². The molecule has 4 rings (SSSR count). The molecule has 3 saturated heterocycles. The molecule has 3 heterocycles. The fourth-order valence-corrected chi connectivity index (χ4v) is 5.23. The first-order valence-corrected chi connectivity index (χ1v) is 11.8. The van der Waals surface area contributed by atoms with Gasteiger partial charge in [0.05, 0.1) is 31.5 Å². The molecule has 16 nitrogen and oxygen atoms in total. The maximum atomic E-state index is 10.7. The normalized spacial score (nSPS) is 54.4. The number of nitrogens with one attached hydrogen (secondary N) is 1. The van der Waals surface area contributed by atoms with Gasteiger partial charge in [-0.2, -0.15) is 0 Å². The number of hydrogen-bond donors (Lipinski definition) is 11. The summed E-state index contributed by atoms with van der Waals surface area (Å²) in [5, 5.41) is 85.6. The van der Waals surface area contributed by atoms with E-state index in [1.54, 1.807) is 7.05 Å². The zero-order valence-electron chi connectivity index (χ0n) is 19.6. The van der Waals surface area contributed by atoms with E-state index in [0.717, 1.165) is 0 Å². The van der Waals surface area contributed by atoms with Crippen molar-refractivity contribution in [2.24, 2.45) is 11.5 Å². The first kappa shape index (κ1) is 28.4. The Morgan fingerprint density at radius 3 is 2.22 bits per heavy atom. The molecule has 0 radical (unpaired) electrons. The third-order valence-corrected chi connectivity index (χ3v) is 7.42. The second-order valence-electron chi connectivity index (χ2n) is 9.72. The van der Waals surface area contributed by atoms with Gasteiger partial charge in [-0.25, -0.2) is 0 Å². The van der Waals surface area contributed by atoms with Gasteiger partial charge < -0.3 is 81.3 Å². The van der Waals surface area contributed by atoms with E-state index in [1.807, 2.05) is 0 Å². The molecule has 0 amide bonds. The van der Waals surface area contributed by atoms with Crippen molar-refractivity contribution in [2.75, 3.05) is 20.3 Å². The van der Waals surface area contributed by atoms with E-state index in [4.69, 9.17) is 35.2 Å². The summed E-state index contributed by atoms with van der Waals surface area (Å²) in [7, 11) is 1.60. The first-order chi connectivity index (χ1) is 17.0. The SMILES string of the molecule is CN[C@H]1C[C@@H](N)[C@H](O)[C@@H](O[C@@H]2O[C@H](CO)[C@H](O)[C@@H]3O[C@@]4(O[C@@H]([C@H](N)CO)[C@@H](O)[C@@H](O)[C@@H]4O)O[C@@H]23)[C@@H]1O. The molecule has 4 aliphatic rings. The monoisotopic (exact) mass is 527 g/mol. The lowest BCUT2D eigenvalue weighted by Crippen LogP contribution is -2.69. The zero-order chi connectivity index (χ0) is 26.5. The fourth-order valence-electron chi connectivity index (χ4n) is 5.23. The number of fused-ring (bicyclic) bond motifs is 1. The molecule has 16 atom stereocenters. The Hall–Kier alpha value is -0.640. The molecule has 1 saturated carbocycles. The Labute approximate surface area is 206 Å². The lowest BCUT2D eigenvalue weighted by atomic mass is 9.84. The van der Waals surface area contributed by atoms with Gasteiger partial charge in [-0.05, 0) is 13.5 Å². The fraction of sp³-hybridized carbons (Fsp3) is 1.00. The topological polar surface area (TPSA) is 272 Å². The van der Waals surface area contributed by atoms with Crippen molar-refractivity contribution in [3.63, 3.8) is 0 Å². The van der Waals surface area contributed by atoms with Crippen LogP contribution in [-0.2, 0) is 23.7 Å². The number of aliphatic hydroxyl groups is 8. The van der Waals surface area contributed by atoms with Crippen molar-refractivity contribution < 1.29 is 64.5 Å². The summed E-state index contributed by atoms with van der Waals surface area (Å²) in [5.41, 5.74) is 11.8. The van der Waals surface area contributed by atoms with Crippen molar-refractivity contribution in [2.45, 2.75) is 104 Å². The Morgan fingerprint density at radius 1 is 0.944 bits per heavy atom. The molecule has 0 aromatic heterocycles. The van der Waals surface area contributed by atoms with Crippen LogP contribution in [0.15, 0.2) is 0 Å². The van der Waals surface area contributed by atoms with Crippen LogP contribution < -0.4 is 16.8 Å². The van der Waals surface area contributed by atoms with Gasteiger partial charge in [-0.1, -0.05) is 0 Å². The Balaban J connectivity index is 1.62.